The summed E-state index contributed by atoms with van der Waals surface area (Å²) in [6, 6.07) is 24.6. The molecule has 4 rings (SSSR count). The van der Waals surface area contributed by atoms with E-state index in [1.54, 1.807) is 11.3 Å². The van der Waals surface area contributed by atoms with Crippen LogP contribution in [0.4, 0.5) is 0 Å². The topological polar surface area (TPSA) is 50.2 Å². The summed E-state index contributed by atoms with van der Waals surface area (Å²) in [6.45, 7) is 7.04. The summed E-state index contributed by atoms with van der Waals surface area (Å²) in [5, 5.41) is 8.36. The summed E-state index contributed by atoms with van der Waals surface area (Å²) < 4.78 is 1.22. The molecule has 1 N–H and O–H groups in total. The Hall–Kier alpha value is -2.59. The molecule has 2 aromatic heterocycles. The van der Waals surface area contributed by atoms with Crippen LogP contribution < -0.4 is 0 Å². The summed E-state index contributed by atoms with van der Waals surface area (Å²) in [4.78, 5) is 16.1. The van der Waals surface area contributed by atoms with E-state index < -0.39 is 0 Å². The van der Waals surface area contributed by atoms with E-state index in [0.29, 0.717) is 0 Å². The van der Waals surface area contributed by atoms with Crippen LogP contribution >= 0.6 is 11.3 Å². The maximum atomic E-state index is 10.0. The number of fused-ring (bicyclic) bond motifs is 1. The summed E-state index contributed by atoms with van der Waals surface area (Å²) in [7, 11) is 0. The second-order valence-corrected chi connectivity index (χ2v) is 8.29. The van der Waals surface area contributed by atoms with Gasteiger partial charge < -0.3 is 5.11 Å². The Labute approximate surface area is 200 Å². The molecule has 5 heteroatoms. The number of carbonyl (C=O) groups is 1. The SMILES string of the molecule is CC(=O)/C=C(/C)O.Cc1[c-]c(-c2ccc3sc(-c4ccccc4)cc3n2)cc(C)c1.[Ir]. The van der Waals surface area contributed by atoms with Crippen molar-refractivity contribution in [3.63, 3.8) is 0 Å². The minimum absolute atomic E-state index is 0. The van der Waals surface area contributed by atoms with Crippen LogP contribution in [0.3, 0.4) is 0 Å². The van der Waals surface area contributed by atoms with Gasteiger partial charge in [0.05, 0.1) is 16.0 Å². The van der Waals surface area contributed by atoms with E-state index in [1.807, 2.05) is 6.07 Å². The van der Waals surface area contributed by atoms with Crippen LogP contribution in [-0.2, 0) is 24.9 Å². The number of benzene rings is 2. The summed E-state index contributed by atoms with van der Waals surface area (Å²) >= 11 is 1.79. The monoisotopic (exact) mass is 607 g/mol. The Morgan fingerprint density at radius 3 is 2.32 bits per heavy atom. The molecule has 0 saturated heterocycles. The predicted octanol–water partition coefficient (Wildman–Crippen LogP) is 7.08. The van der Waals surface area contributed by atoms with Crippen LogP contribution in [0, 0.1) is 19.9 Å². The molecule has 31 heavy (non-hydrogen) atoms. The molecule has 0 saturated carbocycles. The first kappa shape index (κ1) is 24.7. The average Bonchev–Trinajstić information content (AvgIpc) is 3.11. The van der Waals surface area contributed by atoms with Gasteiger partial charge in [-0.3, -0.25) is 9.78 Å². The molecule has 161 valence electrons. The molecule has 4 aromatic rings. The minimum atomic E-state index is -0.125. The van der Waals surface area contributed by atoms with Gasteiger partial charge in [-0.2, -0.15) is 0 Å². The molecule has 0 bridgehead atoms. The fraction of sp³-hybridized carbons (Fsp3) is 0.154. The quantitative estimate of drug-likeness (QED) is 0.154. The van der Waals surface area contributed by atoms with E-state index >= 15 is 0 Å². The molecular weight excluding hydrogens is 583 g/mol. The molecule has 0 spiro atoms. The van der Waals surface area contributed by atoms with Crippen molar-refractivity contribution in [1.29, 1.82) is 0 Å². The Morgan fingerprint density at radius 2 is 1.74 bits per heavy atom. The number of aliphatic hydroxyl groups is 1. The van der Waals surface area contributed by atoms with Crippen LogP contribution in [0.15, 0.2) is 72.5 Å². The zero-order valence-corrected chi connectivity index (χ0v) is 21.1. The van der Waals surface area contributed by atoms with Crippen molar-refractivity contribution < 1.29 is 30.0 Å². The number of ketones is 1. The third-order valence-electron chi connectivity index (χ3n) is 4.27. The van der Waals surface area contributed by atoms with Gasteiger partial charge in [0, 0.05) is 31.1 Å². The smallest absolute Gasteiger partial charge is 0.155 e. The average molecular weight is 607 g/mol. The van der Waals surface area contributed by atoms with Crippen molar-refractivity contribution >= 4 is 27.3 Å². The third-order valence-corrected chi connectivity index (χ3v) is 5.41. The Balaban J connectivity index is 0.000000373. The molecule has 2 heterocycles. The largest absolute Gasteiger partial charge is 0.512 e. The number of hydrogen-bond acceptors (Lipinski definition) is 4. The van der Waals surface area contributed by atoms with Crippen molar-refractivity contribution in [2.75, 3.05) is 0 Å². The molecule has 0 amide bonds. The van der Waals surface area contributed by atoms with Crippen LogP contribution in [0.2, 0.25) is 0 Å². The standard InChI is InChI=1S/C21H16NS.C5H8O2.Ir/c1-14-10-15(2)12-17(11-14)18-8-9-20-19(22-18)13-21(23-20)16-6-4-3-5-7-16;1-4(6)3-5(2)7;/h3-11,13H,1-2H3;3,6H,1-2H3;/q-1;;/b;4-3-;. The molecule has 0 fully saturated rings. The number of thiophene rings is 1. The van der Waals surface area contributed by atoms with Crippen LogP contribution in [0.25, 0.3) is 31.9 Å². The molecule has 2 aromatic carbocycles. The van der Waals surface area contributed by atoms with Crippen molar-refractivity contribution in [2.45, 2.75) is 27.7 Å². The van der Waals surface area contributed by atoms with Gasteiger partial charge in [-0.15, -0.1) is 46.2 Å². The molecule has 0 aliphatic rings. The summed E-state index contributed by atoms with van der Waals surface area (Å²) in [5.74, 6) is -0.0625. The summed E-state index contributed by atoms with van der Waals surface area (Å²) in [5.41, 5.74) is 6.75. The van der Waals surface area contributed by atoms with Gasteiger partial charge in [-0.1, -0.05) is 50.2 Å². The van der Waals surface area contributed by atoms with Gasteiger partial charge in [0.15, 0.2) is 5.78 Å². The number of pyridine rings is 1. The second kappa shape index (κ2) is 11.1. The number of allylic oxidation sites excluding steroid dienone is 2. The fourth-order valence-corrected chi connectivity index (χ4v) is 4.15. The van der Waals surface area contributed by atoms with Crippen molar-refractivity contribution in [3.05, 3.63) is 89.7 Å². The van der Waals surface area contributed by atoms with E-state index in [-0.39, 0.29) is 31.6 Å². The first-order chi connectivity index (χ1) is 14.3. The predicted molar refractivity (Wildman–Crippen MR) is 126 cm³/mol. The van der Waals surface area contributed by atoms with Gasteiger partial charge in [0.1, 0.15) is 0 Å². The van der Waals surface area contributed by atoms with Crippen LogP contribution in [-0.4, -0.2) is 15.9 Å². The minimum Gasteiger partial charge on any atom is -0.512 e. The van der Waals surface area contributed by atoms with Gasteiger partial charge in [0.25, 0.3) is 0 Å². The van der Waals surface area contributed by atoms with Crippen LogP contribution in [0.5, 0.6) is 0 Å². The number of hydrogen-bond donors (Lipinski definition) is 1. The summed E-state index contributed by atoms with van der Waals surface area (Å²) in [6.07, 6.45) is 1.17. The Kier molecular flexibility index (Phi) is 8.87. The van der Waals surface area contributed by atoms with Crippen molar-refractivity contribution in [1.82, 2.24) is 4.98 Å². The van der Waals surface area contributed by atoms with E-state index in [0.717, 1.165) is 22.3 Å². The number of aryl methyl sites for hydroxylation is 2. The molecule has 0 aliphatic heterocycles. The number of aromatic nitrogens is 1. The molecule has 1 radical (unpaired) electrons. The molecular formula is C26H24IrNO2S-. The van der Waals surface area contributed by atoms with Gasteiger partial charge in [0.2, 0.25) is 0 Å². The Bertz CT molecular complexity index is 1190. The Morgan fingerprint density at radius 1 is 1.03 bits per heavy atom. The normalized spacial score (nSPS) is 10.8. The number of rotatable bonds is 3. The number of carbonyl (C=O) groups excluding carboxylic acids is 1. The first-order valence-electron chi connectivity index (χ1n) is 9.66. The van der Waals surface area contributed by atoms with E-state index in [2.05, 4.69) is 74.5 Å². The van der Waals surface area contributed by atoms with Crippen LogP contribution in [0.1, 0.15) is 25.0 Å². The van der Waals surface area contributed by atoms with Crippen molar-refractivity contribution in [2.24, 2.45) is 0 Å². The number of nitrogens with zero attached hydrogens (tertiary/aromatic N) is 1. The molecule has 0 atom stereocenters. The second-order valence-electron chi connectivity index (χ2n) is 7.21. The van der Waals surface area contributed by atoms with Crippen molar-refractivity contribution in [3.8, 4) is 21.7 Å². The fourth-order valence-electron chi connectivity index (χ4n) is 3.15. The van der Waals surface area contributed by atoms with E-state index in [4.69, 9.17) is 10.1 Å². The maximum Gasteiger partial charge on any atom is 0.155 e. The van der Waals surface area contributed by atoms with E-state index in [9.17, 15) is 4.79 Å². The first-order valence-corrected chi connectivity index (χ1v) is 10.5. The molecule has 0 aliphatic carbocycles. The van der Waals surface area contributed by atoms with E-state index in [1.165, 1.54) is 40.6 Å². The molecule has 3 nitrogen and oxygen atoms in total. The zero-order valence-electron chi connectivity index (χ0n) is 17.9. The zero-order chi connectivity index (χ0) is 21.7. The third kappa shape index (κ3) is 6.96. The van der Waals surface area contributed by atoms with Gasteiger partial charge in [-0.25, -0.2) is 0 Å². The number of aliphatic hydroxyl groups excluding tert-OH is 1. The molecule has 0 unspecified atom stereocenters. The van der Waals surface area contributed by atoms with Gasteiger partial charge in [-0.05, 0) is 37.2 Å². The van der Waals surface area contributed by atoms with Gasteiger partial charge >= 0.3 is 0 Å². The maximum absolute atomic E-state index is 10.0.